The third kappa shape index (κ3) is 2.70. The van der Waals surface area contributed by atoms with Crippen LogP contribution in [0.5, 0.6) is 0 Å². The highest BCUT2D eigenvalue weighted by atomic mass is 16.5. The normalized spacial score (nSPS) is 28.6. The average Bonchev–Trinajstić information content (AvgIpc) is 2.46. The molecule has 3 unspecified atom stereocenters. The number of carbonyl (C=O) groups is 1. The smallest absolute Gasteiger partial charge is 0.241 e. The number of ether oxygens (including phenoxy) is 1. The summed E-state index contributed by atoms with van der Waals surface area (Å²) in [7, 11) is 1.72. The Bertz CT molecular complexity index is 524. The molecule has 4 nitrogen and oxygen atoms in total. The molecule has 0 bridgehead atoms. The summed E-state index contributed by atoms with van der Waals surface area (Å²) in [6, 6.07) is 7.22. The van der Waals surface area contributed by atoms with Crippen LogP contribution in [0, 0.1) is 12.3 Å². The van der Waals surface area contributed by atoms with Gasteiger partial charge in [-0.15, -0.1) is 0 Å². The molecule has 3 atom stereocenters. The lowest BCUT2D eigenvalue weighted by Crippen LogP contribution is -2.69. The molecule has 1 fully saturated rings. The molecule has 0 aliphatic heterocycles. The molecule has 1 aliphatic rings. The minimum absolute atomic E-state index is 0.0893. The maximum Gasteiger partial charge on any atom is 0.241 e. The number of nitrogens with two attached hydrogens (primary N) is 1. The molecule has 2 rings (SSSR count). The Hall–Kier alpha value is -1.39. The van der Waals surface area contributed by atoms with E-state index < -0.39 is 6.04 Å². The van der Waals surface area contributed by atoms with Crippen LogP contribution in [-0.4, -0.2) is 24.7 Å². The fourth-order valence-corrected chi connectivity index (χ4v) is 2.91. The number of aryl methyl sites for hydroxylation is 1. The van der Waals surface area contributed by atoms with Gasteiger partial charge in [0.2, 0.25) is 5.91 Å². The highest BCUT2D eigenvalue weighted by Gasteiger charge is 2.58. The van der Waals surface area contributed by atoms with Crippen molar-refractivity contribution in [3.63, 3.8) is 0 Å². The number of benzene rings is 1. The second-order valence-corrected chi connectivity index (χ2v) is 6.81. The Kier molecular flexibility index (Phi) is 4.13. The molecule has 4 heteroatoms. The topological polar surface area (TPSA) is 64.3 Å². The van der Waals surface area contributed by atoms with E-state index >= 15 is 0 Å². The molecule has 1 aromatic carbocycles. The summed E-state index contributed by atoms with van der Waals surface area (Å²) in [6.45, 7) is 8.32. The summed E-state index contributed by atoms with van der Waals surface area (Å²) in [5.74, 6) is -0.130. The molecular weight excluding hydrogens is 264 g/mol. The van der Waals surface area contributed by atoms with E-state index in [1.54, 1.807) is 7.11 Å². The van der Waals surface area contributed by atoms with Crippen molar-refractivity contribution < 1.29 is 9.53 Å². The first kappa shape index (κ1) is 16.0. The van der Waals surface area contributed by atoms with Gasteiger partial charge in [0.25, 0.3) is 0 Å². The quantitative estimate of drug-likeness (QED) is 0.894. The maximum absolute atomic E-state index is 12.3. The summed E-state index contributed by atoms with van der Waals surface area (Å²) < 4.78 is 5.58. The summed E-state index contributed by atoms with van der Waals surface area (Å²) >= 11 is 0. The van der Waals surface area contributed by atoms with Gasteiger partial charge in [0.05, 0.1) is 5.60 Å². The van der Waals surface area contributed by atoms with Crippen LogP contribution in [-0.2, 0) is 9.53 Å². The van der Waals surface area contributed by atoms with Gasteiger partial charge in [-0.05, 0) is 25.8 Å². The molecular formula is C17H26N2O2. The maximum atomic E-state index is 12.3. The number of hydrogen-bond acceptors (Lipinski definition) is 3. The Labute approximate surface area is 127 Å². The molecule has 0 radical (unpaired) electrons. The van der Waals surface area contributed by atoms with Crippen LogP contribution in [0.4, 0.5) is 0 Å². The van der Waals surface area contributed by atoms with Crippen LogP contribution < -0.4 is 11.1 Å². The van der Waals surface area contributed by atoms with Crippen molar-refractivity contribution in [3.05, 3.63) is 35.4 Å². The third-order valence-electron chi connectivity index (χ3n) is 5.31. The first-order valence-corrected chi connectivity index (χ1v) is 7.39. The predicted octanol–water partition coefficient (Wildman–Crippen LogP) is 2.31. The van der Waals surface area contributed by atoms with E-state index in [1.807, 2.05) is 31.2 Å². The average molecular weight is 290 g/mol. The SMILES string of the molecule is COC1(C)CC(NC(=O)C(N)c2ccc(C)cc2)C1(C)C. The van der Waals surface area contributed by atoms with Gasteiger partial charge >= 0.3 is 0 Å². The van der Waals surface area contributed by atoms with Gasteiger partial charge < -0.3 is 15.8 Å². The number of amides is 1. The number of rotatable bonds is 4. The lowest BCUT2D eigenvalue weighted by Gasteiger charge is -2.59. The molecule has 0 heterocycles. The van der Waals surface area contributed by atoms with Crippen LogP contribution in [0.2, 0.25) is 0 Å². The zero-order valence-electron chi connectivity index (χ0n) is 13.6. The van der Waals surface area contributed by atoms with Gasteiger partial charge in [0.1, 0.15) is 6.04 Å². The lowest BCUT2D eigenvalue weighted by atomic mass is 9.56. The molecule has 21 heavy (non-hydrogen) atoms. The molecule has 0 saturated heterocycles. The minimum Gasteiger partial charge on any atom is -0.378 e. The zero-order chi connectivity index (χ0) is 15.8. The predicted molar refractivity (Wildman–Crippen MR) is 83.9 cm³/mol. The molecule has 0 spiro atoms. The van der Waals surface area contributed by atoms with E-state index in [9.17, 15) is 4.79 Å². The van der Waals surface area contributed by atoms with Crippen LogP contribution in [0.3, 0.4) is 0 Å². The summed E-state index contributed by atoms with van der Waals surface area (Å²) in [5.41, 5.74) is 7.75. The Morgan fingerprint density at radius 1 is 1.33 bits per heavy atom. The minimum atomic E-state index is -0.629. The summed E-state index contributed by atoms with van der Waals surface area (Å²) in [6.07, 6.45) is 0.808. The molecule has 3 N–H and O–H groups in total. The van der Waals surface area contributed by atoms with E-state index in [-0.39, 0.29) is 23.0 Å². The first-order valence-electron chi connectivity index (χ1n) is 7.39. The second kappa shape index (κ2) is 5.43. The molecule has 116 valence electrons. The molecule has 1 aliphatic carbocycles. The molecule has 1 amide bonds. The van der Waals surface area contributed by atoms with Crippen molar-refractivity contribution in [1.82, 2.24) is 5.32 Å². The monoisotopic (exact) mass is 290 g/mol. The second-order valence-electron chi connectivity index (χ2n) is 6.81. The molecule has 1 aromatic rings. The summed E-state index contributed by atoms with van der Waals surface area (Å²) in [5, 5.41) is 3.07. The van der Waals surface area contributed by atoms with Crippen LogP contribution in [0.1, 0.15) is 44.4 Å². The van der Waals surface area contributed by atoms with Crippen LogP contribution in [0.25, 0.3) is 0 Å². The Morgan fingerprint density at radius 3 is 2.38 bits per heavy atom. The molecule has 0 aromatic heterocycles. The largest absolute Gasteiger partial charge is 0.378 e. The van der Waals surface area contributed by atoms with Gasteiger partial charge in [-0.3, -0.25) is 4.79 Å². The fraction of sp³-hybridized carbons (Fsp3) is 0.588. The van der Waals surface area contributed by atoms with Crippen molar-refractivity contribution in [1.29, 1.82) is 0 Å². The van der Waals surface area contributed by atoms with Crippen molar-refractivity contribution >= 4 is 5.91 Å². The number of nitrogens with one attached hydrogen (secondary N) is 1. The Balaban J connectivity index is 2.01. The van der Waals surface area contributed by atoms with Crippen molar-refractivity contribution in [2.45, 2.75) is 51.8 Å². The number of carbonyl (C=O) groups excluding carboxylic acids is 1. The van der Waals surface area contributed by atoms with Crippen LogP contribution in [0.15, 0.2) is 24.3 Å². The van der Waals surface area contributed by atoms with E-state index in [0.29, 0.717) is 0 Å². The summed E-state index contributed by atoms with van der Waals surface area (Å²) in [4.78, 5) is 12.3. The lowest BCUT2D eigenvalue weighted by molar-refractivity contribution is -0.182. The number of hydrogen-bond donors (Lipinski definition) is 2. The van der Waals surface area contributed by atoms with Gasteiger partial charge in [-0.1, -0.05) is 43.7 Å². The van der Waals surface area contributed by atoms with Crippen molar-refractivity contribution in [3.8, 4) is 0 Å². The molecule has 1 saturated carbocycles. The van der Waals surface area contributed by atoms with E-state index in [1.165, 1.54) is 0 Å². The Morgan fingerprint density at radius 2 is 1.90 bits per heavy atom. The van der Waals surface area contributed by atoms with Crippen molar-refractivity contribution in [2.75, 3.05) is 7.11 Å². The number of methoxy groups -OCH3 is 1. The van der Waals surface area contributed by atoms with Crippen molar-refractivity contribution in [2.24, 2.45) is 11.1 Å². The van der Waals surface area contributed by atoms with E-state index in [4.69, 9.17) is 10.5 Å². The fourth-order valence-electron chi connectivity index (χ4n) is 2.91. The van der Waals surface area contributed by atoms with Gasteiger partial charge in [-0.2, -0.15) is 0 Å². The standard InChI is InChI=1S/C17H26N2O2/c1-11-6-8-12(9-7-11)14(18)15(20)19-13-10-17(4,21-5)16(13,2)3/h6-9,13-14H,10,18H2,1-5H3,(H,19,20). The first-order chi connectivity index (χ1) is 9.71. The zero-order valence-corrected chi connectivity index (χ0v) is 13.6. The highest BCUT2D eigenvalue weighted by Crippen LogP contribution is 2.51. The van der Waals surface area contributed by atoms with E-state index in [2.05, 4.69) is 26.1 Å². The van der Waals surface area contributed by atoms with Gasteiger partial charge in [0.15, 0.2) is 0 Å². The van der Waals surface area contributed by atoms with Gasteiger partial charge in [0, 0.05) is 18.6 Å². The van der Waals surface area contributed by atoms with Crippen LogP contribution >= 0.6 is 0 Å². The van der Waals surface area contributed by atoms with Gasteiger partial charge in [-0.25, -0.2) is 0 Å². The highest BCUT2D eigenvalue weighted by molar-refractivity contribution is 5.83. The van der Waals surface area contributed by atoms with E-state index in [0.717, 1.165) is 17.5 Å². The third-order valence-corrected chi connectivity index (χ3v) is 5.31.